The van der Waals surface area contributed by atoms with Crippen LogP contribution in [-0.2, 0) is 14.8 Å². The molecule has 1 heterocycles. The summed E-state index contributed by atoms with van der Waals surface area (Å²) < 4.78 is 30.6. The third-order valence-corrected chi connectivity index (χ3v) is 3.34. The minimum Gasteiger partial charge on any atom is -0.465 e. The molecule has 0 radical (unpaired) electrons. The lowest BCUT2D eigenvalue weighted by atomic mass is 10.1. The van der Waals surface area contributed by atoms with Crippen LogP contribution in [0.3, 0.4) is 0 Å². The summed E-state index contributed by atoms with van der Waals surface area (Å²) in [5.74, 6) is -0.570. The van der Waals surface area contributed by atoms with Crippen LogP contribution in [0.25, 0.3) is 0 Å². The Kier molecular flexibility index (Phi) is 2.08. The lowest BCUT2D eigenvalue weighted by Crippen LogP contribution is -2.03. The number of fused-ring (bicyclic) bond motifs is 1. The molecule has 5 nitrogen and oxygen atoms in total. The van der Waals surface area contributed by atoms with Gasteiger partial charge in [-0.25, -0.2) is 4.79 Å². The summed E-state index contributed by atoms with van der Waals surface area (Å²) in [5, 5.41) is 0. The van der Waals surface area contributed by atoms with E-state index in [9.17, 15) is 13.2 Å². The first-order chi connectivity index (χ1) is 7.04. The van der Waals surface area contributed by atoms with Crippen LogP contribution in [0.15, 0.2) is 27.5 Å². The van der Waals surface area contributed by atoms with Crippen molar-refractivity contribution in [2.75, 3.05) is 7.11 Å². The molecule has 0 amide bonds. The topological polar surface area (TPSA) is 72.8 Å². The molecule has 15 heavy (non-hydrogen) atoms. The summed E-state index contributed by atoms with van der Waals surface area (Å²) in [4.78, 5) is 11.2. The summed E-state index contributed by atoms with van der Waals surface area (Å²) in [5.41, 5.74) is 0.688. The summed E-state index contributed by atoms with van der Waals surface area (Å²) in [6, 6.07) is 4.29. The van der Waals surface area contributed by atoms with Crippen molar-refractivity contribution in [3.05, 3.63) is 29.3 Å². The maximum Gasteiger partial charge on any atom is 0.337 e. The van der Waals surface area contributed by atoms with Crippen molar-refractivity contribution in [3.63, 3.8) is 0 Å². The SMILES string of the molecule is COC(=O)c1ccc2c(c1)S(=O)(=O)N=C2. The first kappa shape index (κ1) is 9.85. The number of hydrogen-bond donors (Lipinski definition) is 0. The van der Waals surface area contributed by atoms with E-state index in [1.807, 2.05) is 0 Å². The average Bonchev–Trinajstić information content (AvgIpc) is 2.53. The summed E-state index contributed by atoms with van der Waals surface area (Å²) in [7, 11) is -2.37. The highest BCUT2D eigenvalue weighted by molar-refractivity contribution is 7.90. The van der Waals surface area contributed by atoms with Crippen molar-refractivity contribution < 1.29 is 17.9 Å². The van der Waals surface area contributed by atoms with Crippen LogP contribution >= 0.6 is 0 Å². The Balaban J connectivity index is 2.59. The van der Waals surface area contributed by atoms with E-state index in [2.05, 4.69) is 9.13 Å². The van der Waals surface area contributed by atoms with E-state index >= 15 is 0 Å². The van der Waals surface area contributed by atoms with Crippen molar-refractivity contribution >= 4 is 22.2 Å². The number of ether oxygens (including phenoxy) is 1. The molecule has 6 heteroatoms. The second-order valence-corrected chi connectivity index (χ2v) is 4.55. The van der Waals surface area contributed by atoms with Crippen LogP contribution in [0.5, 0.6) is 0 Å². The van der Waals surface area contributed by atoms with Crippen LogP contribution in [0.4, 0.5) is 0 Å². The van der Waals surface area contributed by atoms with Crippen LogP contribution in [-0.4, -0.2) is 27.7 Å². The van der Waals surface area contributed by atoms with Gasteiger partial charge in [0, 0.05) is 11.8 Å². The molecule has 0 aromatic heterocycles. The first-order valence-corrected chi connectivity index (χ1v) is 5.51. The van der Waals surface area contributed by atoms with Gasteiger partial charge in [-0.1, -0.05) is 6.07 Å². The number of methoxy groups -OCH3 is 1. The molecule has 0 unspecified atom stereocenters. The summed E-state index contributed by atoms with van der Waals surface area (Å²) >= 11 is 0. The first-order valence-electron chi connectivity index (χ1n) is 4.07. The molecule has 0 saturated carbocycles. The van der Waals surface area contributed by atoms with E-state index in [0.717, 1.165) is 0 Å². The van der Waals surface area contributed by atoms with Crippen LogP contribution in [0, 0.1) is 0 Å². The van der Waals surface area contributed by atoms with Gasteiger partial charge in [-0.3, -0.25) is 0 Å². The number of benzene rings is 1. The standard InChI is InChI=1S/C9H7NO4S/c1-14-9(11)6-2-3-7-5-10-15(12,13)8(7)4-6/h2-5H,1H3. The molecule has 0 aliphatic carbocycles. The fraction of sp³-hybridized carbons (Fsp3) is 0.111. The van der Waals surface area contributed by atoms with Crippen molar-refractivity contribution in [3.8, 4) is 0 Å². The number of esters is 1. The maximum absolute atomic E-state index is 11.4. The van der Waals surface area contributed by atoms with Gasteiger partial charge >= 0.3 is 5.97 Å². The molecule has 1 aliphatic rings. The van der Waals surface area contributed by atoms with E-state index in [-0.39, 0.29) is 10.5 Å². The van der Waals surface area contributed by atoms with Gasteiger partial charge in [0.05, 0.1) is 17.6 Å². The highest BCUT2D eigenvalue weighted by Crippen LogP contribution is 2.23. The molecule has 1 aliphatic heterocycles. The smallest absolute Gasteiger partial charge is 0.337 e. The van der Waals surface area contributed by atoms with Gasteiger partial charge in [0.15, 0.2) is 0 Å². The number of carbonyl (C=O) groups is 1. The number of hydrogen-bond acceptors (Lipinski definition) is 4. The van der Waals surface area contributed by atoms with Crippen LogP contribution < -0.4 is 0 Å². The largest absolute Gasteiger partial charge is 0.465 e. The zero-order chi connectivity index (χ0) is 11.1. The summed E-state index contributed by atoms with van der Waals surface area (Å²) in [6.07, 6.45) is 1.26. The molecular weight excluding hydrogens is 218 g/mol. The van der Waals surface area contributed by atoms with Gasteiger partial charge in [-0.2, -0.15) is 12.8 Å². The molecule has 0 saturated heterocycles. The molecule has 1 aromatic rings. The fourth-order valence-electron chi connectivity index (χ4n) is 1.29. The van der Waals surface area contributed by atoms with E-state index in [1.54, 1.807) is 0 Å². The summed E-state index contributed by atoms with van der Waals surface area (Å²) in [6.45, 7) is 0. The van der Waals surface area contributed by atoms with Gasteiger partial charge < -0.3 is 4.74 Å². The Hall–Kier alpha value is -1.69. The molecular formula is C9H7NO4S. The quantitative estimate of drug-likeness (QED) is 0.656. The number of nitrogens with zero attached hydrogens (tertiary/aromatic N) is 1. The Labute approximate surface area is 86.5 Å². The Morgan fingerprint density at radius 1 is 1.40 bits per heavy atom. The molecule has 0 bridgehead atoms. The van der Waals surface area contributed by atoms with E-state index < -0.39 is 16.0 Å². The molecule has 0 N–H and O–H groups in total. The van der Waals surface area contributed by atoms with Crippen LogP contribution in [0.2, 0.25) is 0 Å². The molecule has 0 spiro atoms. The van der Waals surface area contributed by atoms with Crippen molar-refractivity contribution in [2.24, 2.45) is 4.40 Å². The highest BCUT2D eigenvalue weighted by Gasteiger charge is 2.23. The molecule has 0 atom stereocenters. The molecule has 1 aromatic carbocycles. The number of rotatable bonds is 1. The second kappa shape index (κ2) is 3.16. The van der Waals surface area contributed by atoms with Gasteiger partial charge in [-0.15, -0.1) is 0 Å². The highest BCUT2D eigenvalue weighted by atomic mass is 32.2. The van der Waals surface area contributed by atoms with Crippen LogP contribution in [0.1, 0.15) is 15.9 Å². The third kappa shape index (κ3) is 1.52. The predicted molar refractivity (Wildman–Crippen MR) is 52.6 cm³/mol. The van der Waals surface area contributed by atoms with Crippen molar-refractivity contribution in [2.45, 2.75) is 4.90 Å². The fourth-order valence-corrected chi connectivity index (χ4v) is 2.35. The minimum absolute atomic E-state index is 0.0467. The molecule has 0 fully saturated rings. The third-order valence-electron chi connectivity index (χ3n) is 2.04. The Morgan fingerprint density at radius 2 is 2.13 bits per heavy atom. The maximum atomic E-state index is 11.4. The zero-order valence-electron chi connectivity index (χ0n) is 7.80. The lowest BCUT2D eigenvalue weighted by molar-refractivity contribution is 0.0600. The zero-order valence-corrected chi connectivity index (χ0v) is 8.61. The minimum atomic E-state index is -3.61. The number of sulfonamides is 1. The van der Waals surface area contributed by atoms with Gasteiger partial charge in [0.25, 0.3) is 10.0 Å². The van der Waals surface area contributed by atoms with Crippen molar-refractivity contribution in [1.82, 2.24) is 0 Å². The van der Waals surface area contributed by atoms with Crippen molar-refractivity contribution in [1.29, 1.82) is 0 Å². The van der Waals surface area contributed by atoms with Gasteiger partial charge in [0.1, 0.15) is 0 Å². The Morgan fingerprint density at radius 3 is 2.80 bits per heavy atom. The average molecular weight is 225 g/mol. The van der Waals surface area contributed by atoms with E-state index in [0.29, 0.717) is 5.56 Å². The van der Waals surface area contributed by atoms with Gasteiger partial charge in [-0.05, 0) is 12.1 Å². The predicted octanol–water partition coefficient (Wildman–Crippen LogP) is 0.594. The Bertz CT molecular complexity index is 559. The molecule has 78 valence electrons. The second-order valence-electron chi connectivity index (χ2n) is 2.95. The normalized spacial score (nSPS) is 16.1. The monoisotopic (exact) mass is 225 g/mol. The lowest BCUT2D eigenvalue weighted by Gasteiger charge is -2.01. The van der Waals surface area contributed by atoms with Gasteiger partial charge in [0.2, 0.25) is 0 Å². The molecule has 2 rings (SSSR count). The number of carbonyl (C=O) groups excluding carboxylic acids is 1. The van der Waals surface area contributed by atoms with E-state index in [4.69, 9.17) is 0 Å². The van der Waals surface area contributed by atoms with E-state index in [1.165, 1.54) is 31.5 Å².